The Balaban J connectivity index is 0.691. The molecule has 0 bridgehead atoms. The highest BCUT2D eigenvalue weighted by atomic mass is 15.0. The van der Waals surface area contributed by atoms with Crippen LogP contribution >= 0.6 is 0 Å². The third kappa shape index (κ3) is 10.2. The molecule has 0 fully saturated rings. The molecule has 0 unspecified atom stereocenters. The first kappa shape index (κ1) is 56.3. The van der Waals surface area contributed by atoms with E-state index in [0.717, 1.165) is 121 Å². The van der Waals surface area contributed by atoms with Gasteiger partial charge in [-0.05, 0) is 119 Å². The fourth-order valence-electron chi connectivity index (χ4n) is 13.9. The number of hydrogen-bond donors (Lipinski definition) is 0. The van der Waals surface area contributed by atoms with Crippen LogP contribution in [0.1, 0.15) is 30.5 Å². The molecule has 0 saturated heterocycles. The number of pyridine rings is 1. The molecule has 0 saturated carbocycles. The van der Waals surface area contributed by atoms with Crippen molar-refractivity contribution >= 4 is 32.4 Å². The van der Waals surface area contributed by atoms with Crippen molar-refractivity contribution in [1.82, 2.24) is 34.9 Å². The second kappa shape index (κ2) is 23.2. The lowest BCUT2D eigenvalue weighted by atomic mass is 9.81. The van der Waals surface area contributed by atoms with Crippen molar-refractivity contribution in [2.45, 2.75) is 19.3 Å². The summed E-state index contributed by atoms with van der Waals surface area (Å²) in [4.78, 5) is 36.2. The number of aromatic nitrogens is 7. The average molecular weight is 1210 g/mol. The van der Waals surface area contributed by atoms with Crippen LogP contribution in [0.4, 0.5) is 0 Å². The third-order valence-corrected chi connectivity index (χ3v) is 18.7. The monoisotopic (exact) mass is 1210 g/mol. The number of para-hydroxylation sites is 1. The van der Waals surface area contributed by atoms with E-state index >= 15 is 0 Å². The minimum Gasteiger partial charge on any atom is -0.256 e. The van der Waals surface area contributed by atoms with E-state index in [1.165, 1.54) is 22.3 Å². The maximum Gasteiger partial charge on any atom is 0.164 e. The van der Waals surface area contributed by atoms with Crippen LogP contribution in [-0.2, 0) is 5.41 Å². The summed E-state index contributed by atoms with van der Waals surface area (Å²) in [6, 6.07) is 106. The van der Waals surface area contributed by atoms with E-state index in [1.807, 2.05) is 85.1 Å². The second-order valence-corrected chi connectivity index (χ2v) is 24.7. The molecule has 17 rings (SSSR count). The smallest absolute Gasteiger partial charge is 0.164 e. The number of hydrogen-bond acceptors (Lipinski definition) is 8. The highest BCUT2D eigenvalue weighted by molar-refractivity contribution is 6.07. The summed E-state index contributed by atoms with van der Waals surface area (Å²) in [5, 5.41) is 15.1. The van der Waals surface area contributed by atoms with E-state index in [-0.39, 0.29) is 5.41 Å². The van der Waals surface area contributed by atoms with Crippen molar-refractivity contribution in [2.24, 2.45) is 0 Å². The van der Waals surface area contributed by atoms with Gasteiger partial charge in [0.2, 0.25) is 0 Å². The normalized spacial score (nSPS) is 12.2. The first-order valence-corrected chi connectivity index (χ1v) is 31.9. The van der Waals surface area contributed by atoms with Gasteiger partial charge in [0.15, 0.2) is 34.9 Å². The molecule has 0 radical (unpaired) electrons. The Morgan fingerprint density at radius 1 is 0.274 bits per heavy atom. The maximum absolute atomic E-state index is 9.69. The highest BCUT2D eigenvalue weighted by Gasteiger charge is 2.36. The molecule has 0 amide bonds. The summed E-state index contributed by atoms with van der Waals surface area (Å²) in [5.74, 6) is 3.49. The molecule has 444 valence electrons. The zero-order valence-electron chi connectivity index (χ0n) is 51.9. The van der Waals surface area contributed by atoms with Crippen molar-refractivity contribution in [3.05, 3.63) is 320 Å². The Morgan fingerprint density at radius 3 is 1.33 bits per heavy atom. The Kier molecular flexibility index (Phi) is 13.8. The molecule has 0 atom stereocenters. The maximum atomic E-state index is 9.69. The van der Waals surface area contributed by atoms with Gasteiger partial charge in [-0.1, -0.05) is 281 Å². The SMILES string of the molecule is CC1(C)c2cc(C#N)ccc2-c2ccc(-c3ccc(-c4cccc5c(-c6nc(-c7ccccc7)nc(-c7ccc(-c8cccc(-c9nc(-c%10ccccc%10)nc(-c%10cccc%11cccc(-c%12ccc(-c%13cccc%14cccnc%13%14)cc%12)c%10%11)n9)c8)cc7)n6)cccc45)cc3)cc21. The number of fused-ring (bicyclic) bond motifs is 6. The van der Waals surface area contributed by atoms with Gasteiger partial charge in [0.05, 0.1) is 17.1 Å². The van der Waals surface area contributed by atoms with Gasteiger partial charge in [0.1, 0.15) is 0 Å². The molecule has 1 aliphatic rings. The molecular formula is C87H56N8. The molecule has 95 heavy (non-hydrogen) atoms. The van der Waals surface area contributed by atoms with E-state index < -0.39 is 0 Å². The number of benzene rings is 13. The topological polar surface area (TPSA) is 114 Å². The third-order valence-electron chi connectivity index (χ3n) is 18.7. The largest absolute Gasteiger partial charge is 0.256 e. The molecule has 8 heteroatoms. The van der Waals surface area contributed by atoms with Gasteiger partial charge in [-0.15, -0.1) is 0 Å². The van der Waals surface area contributed by atoms with Crippen molar-refractivity contribution in [2.75, 3.05) is 0 Å². The first-order valence-electron chi connectivity index (χ1n) is 31.9. The molecule has 0 spiro atoms. The van der Waals surface area contributed by atoms with Crippen molar-refractivity contribution in [3.63, 3.8) is 0 Å². The van der Waals surface area contributed by atoms with Gasteiger partial charge < -0.3 is 0 Å². The van der Waals surface area contributed by atoms with Gasteiger partial charge in [-0.3, -0.25) is 4.98 Å². The molecule has 3 aromatic heterocycles. The van der Waals surface area contributed by atoms with E-state index in [1.54, 1.807) is 0 Å². The molecule has 13 aromatic carbocycles. The summed E-state index contributed by atoms with van der Waals surface area (Å²) in [6.07, 6.45) is 1.85. The molecule has 0 N–H and O–H groups in total. The number of nitriles is 1. The van der Waals surface area contributed by atoms with Gasteiger partial charge >= 0.3 is 0 Å². The Hall–Kier alpha value is -12.7. The summed E-state index contributed by atoms with van der Waals surface area (Å²) >= 11 is 0. The van der Waals surface area contributed by atoms with Crippen LogP contribution in [0.5, 0.6) is 0 Å². The lowest BCUT2D eigenvalue weighted by Crippen LogP contribution is -2.15. The lowest BCUT2D eigenvalue weighted by Gasteiger charge is -2.22. The van der Waals surface area contributed by atoms with Gasteiger partial charge in [0.25, 0.3) is 0 Å². The van der Waals surface area contributed by atoms with Crippen LogP contribution in [0, 0.1) is 11.3 Å². The Bertz CT molecular complexity index is 5730. The lowest BCUT2D eigenvalue weighted by molar-refractivity contribution is 0.660. The number of rotatable bonds is 11. The zero-order valence-corrected chi connectivity index (χ0v) is 51.9. The fraction of sp³-hybridized carbons (Fsp3) is 0.0345. The van der Waals surface area contributed by atoms with Crippen molar-refractivity contribution in [1.29, 1.82) is 5.26 Å². The fourth-order valence-corrected chi connectivity index (χ4v) is 13.9. The van der Waals surface area contributed by atoms with E-state index in [0.29, 0.717) is 40.5 Å². The quantitative estimate of drug-likeness (QED) is 0.126. The standard InChI is InChI=1S/C87H56N8/c1-87(2)77-50-54(53-88)33-47-73(77)74-48-46-66(52-78(74)87)56-34-38-57(39-35-56)68-26-13-30-72-71(68)29-14-31-75(72)85-92-81(62-16-5-3-6-17-62)90-83(93-85)64-44-36-55(37-45-64)65-23-9-24-67(51-65)84-91-82(63-18-7-4-8-19-63)94-86(95-84)76-32-11-21-60-20-10-27-69(79(60)76)58-40-42-59(43-41-58)70-28-12-22-61-25-15-49-89-80(61)70/h3-52H,1-2H3. The summed E-state index contributed by atoms with van der Waals surface area (Å²) < 4.78 is 0. The summed E-state index contributed by atoms with van der Waals surface area (Å²) in [5.41, 5.74) is 22.6. The van der Waals surface area contributed by atoms with Crippen LogP contribution < -0.4 is 0 Å². The molecule has 0 aliphatic heterocycles. The molecular weight excluding hydrogens is 1160 g/mol. The van der Waals surface area contributed by atoms with Crippen LogP contribution in [0.15, 0.2) is 303 Å². The second-order valence-electron chi connectivity index (χ2n) is 24.7. The Labute approximate surface area is 550 Å². The molecule has 8 nitrogen and oxygen atoms in total. The van der Waals surface area contributed by atoms with Crippen LogP contribution in [0.25, 0.3) is 168 Å². The first-order chi connectivity index (χ1) is 46.8. The van der Waals surface area contributed by atoms with Crippen LogP contribution in [0.3, 0.4) is 0 Å². The van der Waals surface area contributed by atoms with Gasteiger partial charge in [-0.25, -0.2) is 29.9 Å². The Morgan fingerprint density at radius 2 is 0.684 bits per heavy atom. The minimum atomic E-state index is -0.226. The van der Waals surface area contributed by atoms with Crippen molar-refractivity contribution < 1.29 is 0 Å². The molecule has 3 heterocycles. The van der Waals surface area contributed by atoms with E-state index in [4.69, 9.17) is 34.9 Å². The van der Waals surface area contributed by atoms with Crippen LogP contribution in [-0.4, -0.2) is 34.9 Å². The minimum absolute atomic E-state index is 0.226. The number of nitrogens with zero attached hydrogens (tertiary/aromatic N) is 8. The van der Waals surface area contributed by atoms with Crippen LogP contribution in [0.2, 0.25) is 0 Å². The zero-order chi connectivity index (χ0) is 63.6. The predicted octanol–water partition coefficient (Wildman–Crippen LogP) is 21.4. The van der Waals surface area contributed by atoms with Crippen molar-refractivity contribution in [3.8, 4) is 141 Å². The summed E-state index contributed by atoms with van der Waals surface area (Å²) in [7, 11) is 0. The van der Waals surface area contributed by atoms with Gasteiger partial charge in [-0.2, -0.15) is 5.26 Å². The predicted molar refractivity (Wildman–Crippen MR) is 386 cm³/mol. The van der Waals surface area contributed by atoms with E-state index in [2.05, 4.69) is 238 Å². The molecule has 1 aliphatic carbocycles. The van der Waals surface area contributed by atoms with Gasteiger partial charge in [0, 0.05) is 61.3 Å². The average Bonchev–Trinajstić information content (AvgIpc) is 1.60. The molecule has 16 aromatic rings. The highest BCUT2D eigenvalue weighted by Crippen LogP contribution is 2.50. The summed E-state index contributed by atoms with van der Waals surface area (Å²) in [6.45, 7) is 4.51. The van der Waals surface area contributed by atoms with E-state index in [9.17, 15) is 5.26 Å².